The third kappa shape index (κ3) is 6.54. The van der Waals surface area contributed by atoms with Gasteiger partial charge >= 0.3 is 6.03 Å². The van der Waals surface area contributed by atoms with E-state index in [2.05, 4.69) is 29.5 Å². The Bertz CT molecular complexity index is 380. The highest BCUT2D eigenvalue weighted by molar-refractivity contribution is 7.09. The van der Waals surface area contributed by atoms with Crippen molar-refractivity contribution in [2.75, 3.05) is 19.8 Å². The van der Waals surface area contributed by atoms with E-state index in [1.54, 1.807) is 11.3 Å². The average Bonchev–Trinajstić information content (AvgIpc) is 2.85. The Morgan fingerprint density at radius 2 is 2.26 bits per heavy atom. The van der Waals surface area contributed by atoms with E-state index in [1.165, 1.54) is 0 Å². The van der Waals surface area contributed by atoms with Crippen molar-refractivity contribution in [2.45, 2.75) is 39.7 Å². The van der Waals surface area contributed by atoms with Crippen LogP contribution >= 0.6 is 11.3 Å². The minimum absolute atomic E-state index is 0.157. The van der Waals surface area contributed by atoms with Gasteiger partial charge in [-0.05, 0) is 13.3 Å². The van der Waals surface area contributed by atoms with Gasteiger partial charge in [-0.25, -0.2) is 9.78 Å². The normalized spacial score (nSPS) is 10.7. The van der Waals surface area contributed by atoms with Crippen molar-refractivity contribution in [2.24, 2.45) is 0 Å². The van der Waals surface area contributed by atoms with Crippen molar-refractivity contribution in [3.05, 3.63) is 16.1 Å². The summed E-state index contributed by atoms with van der Waals surface area (Å²) in [5, 5.41) is 8.68. The van der Waals surface area contributed by atoms with E-state index in [9.17, 15) is 4.79 Å². The van der Waals surface area contributed by atoms with E-state index in [0.29, 0.717) is 32.2 Å². The number of amides is 2. The number of carbonyl (C=O) groups excluding carboxylic acids is 1. The molecule has 0 fully saturated rings. The fraction of sp³-hybridized carbons (Fsp3) is 0.692. The van der Waals surface area contributed by atoms with E-state index in [1.807, 2.05) is 12.3 Å². The summed E-state index contributed by atoms with van der Waals surface area (Å²) < 4.78 is 5.19. The van der Waals surface area contributed by atoms with Gasteiger partial charge in [0.05, 0.1) is 17.2 Å². The van der Waals surface area contributed by atoms with Crippen LogP contribution in [0.25, 0.3) is 0 Å². The fourth-order valence-electron chi connectivity index (χ4n) is 1.42. The molecule has 0 aliphatic carbocycles. The SMILES string of the molecule is CCOCCCNC(=O)NCc1csc(C(C)C)n1. The first kappa shape index (κ1) is 15.9. The first-order chi connectivity index (χ1) is 9.13. The van der Waals surface area contributed by atoms with Gasteiger partial charge in [0.15, 0.2) is 0 Å². The lowest BCUT2D eigenvalue weighted by molar-refractivity contribution is 0.145. The first-order valence-electron chi connectivity index (χ1n) is 6.67. The summed E-state index contributed by atoms with van der Waals surface area (Å²) in [6.45, 7) is 8.68. The number of carbonyl (C=O) groups is 1. The van der Waals surface area contributed by atoms with Crippen LogP contribution in [0.5, 0.6) is 0 Å². The van der Waals surface area contributed by atoms with Crippen molar-refractivity contribution in [3.8, 4) is 0 Å². The lowest BCUT2D eigenvalue weighted by atomic mass is 10.2. The number of rotatable bonds is 8. The average molecular weight is 285 g/mol. The lowest BCUT2D eigenvalue weighted by Crippen LogP contribution is -2.35. The number of nitrogens with one attached hydrogen (secondary N) is 2. The summed E-state index contributed by atoms with van der Waals surface area (Å²) in [6.07, 6.45) is 0.829. The van der Waals surface area contributed by atoms with Gasteiger partial charge in [0, 0.05) is 31.1 Å². The van der Waals surface area contributed by atoms with Gasteiger partial charge < -0.3 is 15.4 Å². The Hall–Kier alpha value is -1.14. The Morgan fingerprint density at radius 3 is 2.89 bits per heavy atom. The number of nitrogens with zero attached hydrogens (tertiary/aromatic N) is 1. The van der Waals surface area contributed by atoms with Gasteiger partial charge in [0.2, 0.25) is 0 Å². The van der Waals surface area contributed by atoms with Gasteiger partial charge in [-0.3, -0.25) is 0 Å². The maximum Gasteiger partial charge on any atom is 0.315 e. The van der Waals surface area contributed by atoms with E-state index < -0.39 is 0 Å². The maximum absolute atomic E-state index is 11.5. The minimum Gasteiger partial charge on any atom is -0.382 e. The van der Waals surface area contributed by atoms with Crippen molar-refractivity contribution >= 4 is 17.4 Å². The van der Waals surface area contributed by atoms with Crippen LogP contribution in [0.2, 0.25) is 0 Å². The van der Waals surface area contributed by atoms with Gasteiger partial charge in [0.25, 0.3) is 0 Å². The second-order valence-electron chi connectivity index (χ2n) is 4.49. The molecule has 0 saturated carbocycles. The number of hydrogen-bond acceptors (Lipinski definition) is 4. The topological polar surface area (TPSA) is 63.2 Å². The van der Waals surface area contributed by atoms with E-state index in [0.717, 1.165) is 17.1 Å². The van der Waals surface area contributed by atoms with Crippen LogP contribution in [0.4, 0.5) is 4.79 Å². The van der Waals surface area contributed by atoms with E-state index in [-0.39, 0.29) is 6.03 Å². The smallest absolute Gasteiger partial charge is 0.315 e. The summed E-state index contributed by atoms with van der Waals surface area (Å²) in [6, 6.07) is -0.157. The quantitative estimate of drug-likeness (QED) is 0.721. The molecule has 1 aromatic heterocycles. The molecule has 5 nitrogen and oxygen atoms in total. The van der Waals surface area contributed by atoms with Crippen LogP contribution in [0.1, 0.15) is 43.8 Å². The number of ether oxygens (including phenoxy) is 1. The molecule has 2 amide bonds. The minimum atomic E-state index is -0.157. The molecule has 1 rings (SSSR count). The highest BCUT2D eigenvalue weighted by Crippen LogP contribution is 2.18. The van der Waals surface area contributed by atoms with Crippen molar-refractivity contribution in [1.82, 2.24) is 15.6 Å². The zero-order chi connectivity index (χ0) is 14.1. The highest BCUT2D eigenvalue weighted by Gasteiger charge is 2.06. The van der Waals surface area contributed by atoms with E-state index in [4.69, 9.17) is 4.74 Å². The Balaban J connectivity index is 2.15. The molecule has 0 spiro atoms. The molecular formula is C13H23N3O2S. The highest BCUT2D eigenvalue weighted by atomic mass is 32.1. The van der Waals surface area contributed by atoms with Gasteiger partial charge in [0.1, 0.15) is 0 Å². The molecule has 0 bridgehead atoms. The molecule has 108 valence electrons. The summed E-state index contributed by atoms with van der Waals surface area (Å²) in [7, 11) is 0. The van der Waals surface area contributed by atoms with E-state index >= 15 is 0 Å². The third-order valence-electron chi connectivity index (χ3n) is 2.45. The predicted molar refractivity (Wildman–Crippen MR) is 77.6 cm³/mol. The van der Waals surface area contributed by atoms with Crippen molar-refractivity contribution < 1.29 is 9.53 Å². The van der Waals surface area contributed by atoms with Crippen molar-refractivity contribution in [3.63, 3.8) is 0 Å². The fourth-order valence-corrected chi connectivity index (χ4v) is 2.26. The van der Waals surface area contributed by atoms with Crippen LogP contribution in [0.3, 0.4) is 0 Å². The number of hydrogen-bond donors (Lipinski definition) is 2. The van der Waals surface area contributed by atoms with Gasteiger partial charge in [-0.2, -0.15) is 0 Å². The van der Waals surface area contributed by atoms with Crippen LogP contribution in [-0.4, -0.2) is 30.8 Å². The molecule has 0 radical (unpaired) electrons. The standard InChI is InChI=1S/C13H23N3O2S/c1-4-18-7-5-6-14-13(17)15-8-11-9-19-12(16-11)10(2)3/h9-10H,4-8H2,1-3H3,(H2,14,15,17). The molecule has 0 saturated heterocycles. The second kappa shape index (κ2) is 8.87. The van der Waals surface area contributed by atoms with Gasteiger partial charge in [-0.15, -0.1) is 11.3 Å². The largest absolute Gasteiger partial charge is 0.382 e. The molecule has 0 aromatic carbocycles. The third-order valence-corrected chi connectivity index (χ3v) is 3.64. The monoisotopic (exact) mass is 285 g/mol. The van der Waals surface area contributed by atoms with Crippen molar-refractivity contribution in [1.29, 1.82) is 0 Å². The summed E-state index contributed by atoms with van der Waals surface area (Å²) in [4.78, 5) is 16.0. The molecular weight excluding hydrogens is 262 g/mol. The first-order valence-corrected chi connectivity index (χ1v) is 7.55. The zero-order valence-corrected chi connectivity index (χ0v) is 12.7. The van der Waals surface area contributed by atoms with Crippen LogP contribution < -0.4 is 10.6 Å². The predicted octanol–water partition coefficient (Wildman–Crippen LogP) is 2.49. The number of thiazole rings is 1. The van der Waals surface area contributed by atoms with Crippen LogP contribution in [-0.2, 0) is 11.3 Å². The Labute approximate surface area is 118 Å². The summed E-state index contributed by atoms with van der Waals surface area (Å²) >= 11 is 1.64. The summed E-state index contributed by atoms with van der Waals surface area (Å²) in [5.74, 6) is 0.436. The molecule has 0 aliphatic heterocycles. The number of urea groups is 1. The Kier molecular flexibility index (Phi) is 7.43. The van der Waals surface area contributed by atoms with Gasteiger partial charge in [-0.1, -0.05) is 13.8 Å². The van der Waals surface area contributed by atoms with Crippen LogP contribution in [0.15, 0.2) is 5.38 Å². The molecule has 2 N–H and O–H groups in total. The molecule has 1 aromatic rings. The zero-order valence-electron chi connectivity index (χ0n) is 11.9. The molecule has 0 aliphatic rings. The number of aromatic nitrogens is 1. The maximum atomic E-state index is 11.5. The molecule has 1 heterocycles. The second-order valence-corrected chi connectivity index (χ2v) is 5.38. The lowest BCUT2D eigenvalue weighted by Gasteiger charge is -2.06. The molecule has 0 atom stereocenters. The molecule has 19 heavy (non-hydrogen) atoms. The van der Waals surface area contributed by atoms with Crippen LogP contribution in [0, 0.1) is 0 Å². The Morgan fingerprint density at radius 1 is 1.47 bits per heavy atom. The molecule has 6 heteroatoms. The summed E-state index contributed by atoms with van der Waals surface area (Å²) in [5.41, 5.74) is 0.915. The molecule has 0 unspecified atom stereocenters.